The lowest BCUT2D eigenvalue weighted by Crippen LogP contribution is -2.31. The summed E-state index contributed by atoms with van der Waals surface area (Å²) < 4.78 is 39.2. The third kappa shape index (κ3) is 4.00. The zero-order chi connectivity index (χ0) is 15.8. The van der Waals surface area contributed by atoms with Crippen LogP contribution in [0.1, 0.15) is 50.3 Å². The molecule has 4 heteroatoms. The number of benzene rings is 1. The Morgan fingerprint density at radius 2 is 1.57 bits per heavy atom. The summed E-state index contributed by atoms with van der Waals surface area (Å²) in [6.45, 7) is 6.52. The fourth-order valence-electron chi connectivity index (χ4n) is 2.97. The molecule has 21 heavy (non-hydrogen) atoms. The first kappa shape index (κ1) is 16.3. The summed E-state index contributed by atoms with van der Waals surface area (Å²) in [5.74, 6) is 1.04. The lowest BCUT2D eigenvalue weighted by molar-refractivity contribution is -0.137. The van der Waals surface area contributed by atoms with Crippen LogP contribution in [0.25, 0.3) is 0 Å². The van der Waals surface area contributed by atoms with Crippen LogP contribution in [0.4, 0.5) is 13.2 Å². The Morgan fingerprint density at radius 3 is 2.05 bits per heavy atom. The van der Waals surface area contributed by atoms with Crippen LogP contribution < -0.4 is 5.73 Å². The molecule has 1 nitrogen and oxygen atoms in total. The molecule has 1 aromatic carbocycles. The quantitative estimate of drug-likeness (QED) is 0.872. The van der Waals surface area contributed by atoms with Crippen LogP contribution in [-0.2, 0) is 18.0 Å². The number of alkyl halides is 3. The summed E-state index contributed by atoms with van der Waals surface area (Å²) in [4.78, 5) is 0. The van der Waals surface area contributed by atoms with Gasteiger partial charge in [-0.25, -0.2) is 0 Å². The Kier molecular flexibility index (Phi) is 4.39. The smallest absolute Gasteiger partial charge is 0.330 e. The molecule has 0 heterocycles. The zero-order valence-corrected chi connectivity index (χ0v) is 12.9. The minimum atomic E-state index is -4.28. The van der Waals surface area contributed by atoms with E-state index < -0.39 is 11.7 Å². The third-order valence-electron chi connectivity index (χ3n) is 4.38. The van der Waals surface area contributed by atoms with Crippen molar-refractivity contribution in [1.29, 1.82) is 0 Å². The summed E-state index contributed by atoms with van der Waals surface area (Å²) >= 11 is 0. The molecule has 0 unspecified atom stereocenters. The van der Waals surface area contributed by atoms with Crippen LogP contribution in [0.15, 0.2) is 18.2 Å². The first-order chi connectivity index (χ1) is 9.59. The molecule has 0 amide bonds. The van der Waals surface area contributed by atoms with E-state index in [0.717, 1.165) is 30.4 Å². The number of halogens is 3. The summed E-state index contributed by atoms with van der Waals surface area (Å²) in [7, 11) is 0. The molecule has 2 rings (SSSR count). The molecular weight excluding hydrogens is 275 g/mol. The van der Waals surface area contributed by atoms with Crippen molar-refractivity contribution in [2.24, 2.45) is 17.6 Å². The van der Waals surface area contributed by atoms with Crippen molar-refractivity contribution in [2.45, 2.75) is 51.6 Å². The van der Waals surface area contributed by atoms with Gasteiger partial charge < -0.3 is 5.73 Å². The monoisotopic (exact) mass is 299 g/mol. The molecular formula is C17H24F3N. The molecule has 1 aliphatic rings. The molecule has 0 aromatic heterocycles. The van der Waals surface area contributed by atoms with Gasteiger partial charge >= 0.3 is 6.18 Å². The van der Waals surface area contributed by atoms with E-state index in [1.165, 1.54) is 12.1 Å². The highest BCUT2D eigenvalue weighted by molar-refractivity contribution is 5.36. The molecule has 1 aliphatic carbocycles. The topological polar surface area (TPSA) is 26.0 Å². The van der Waals surface area contributed by atoms with E-state index in [9.17, 15) is 13.2 Å². The van der Waals surface area contributed by atoms with Gasteiger partial charge in [-0.15, -0.1) is 0 Å². The van der Waals surface area contributed by atoms with E-state index in [-0.39, 0.29) is 5.41 Å². The Bertz CT molecular complexity index is 461. The number of rotatable bonds is 3. The second-order valence-electron chi connectivity index (χ2n) is 7.31. The highest BCUT2D eigenvalue weighted by atomic mass is 19.4. The van der Waals surface area contributed by atoms with Crippen molar-refractivity contribution in [3.05, 3.63) is 34.9 Å². The van der Waals surface area contributed by atoms with E-state index in [2.05, 4.69) is 0 Å². The molecule has 0 aliphatic heterocycles. The summed E-state index contributed by atoms with van der Waals surface area (Å²) in [6.07, 6.45) is -1.48. The highest BCUT2D eigenvalue weighted by Gasteiger charge is 2.33. The molecule has 1 aromatic rings. The van der Waals surface area contributed by atoms with Gasteiger partial charge in [0.2, 0.25) is 0 Å². The molecule has 118 valence electrons. The van der Waals surface area contributed by atoms with Gasteiger partial charge in [0, 0.05) is 0 Å². The molecule has 0 radical (unpaired) electrons. The fraction of sp³-hybridized carbons (Fsp3) is 0.647. The average Bonchev–Trinajstić information content (AvgIpc) is 2.30. The first-order valence-electron chi connectivity index (χ1n) is 7.51. The van der Waals surface area contributed by atoms with E-state index in [0.29, 0.717) is 18.4 Å². The van der Waals surface area contributed by atoms with Crippen LogP contribution in [0.5, 0.6) is 0 Å². The summed E-state index contributed by atoms with van der Waals surface area (Å²) in [5, 5.41) is 0. The van der Waals surface area contributed by atoms with Crippen molar-refractivity contribution >= 4 is 0 Å². The van der Waals surface area contributed by atoms with E-state index >= 15 is 0 Å². The maximum absolute atomic E-state index is 13.1. The lowest BCUT2D eigenvalue weighted by Gasteiger charge is -2.35. The summed E-state index contributed by atoms with van der Waals surface area (Å²) in [5.41, 5.74) is 6.35. The molecule has 0 spiro atoms. The molecule has 1 fully saturated rings. The third-order valence-corrected chi connectivity index (χ3v) is 4.38. The Morgan fingerprint density at radius 1 is 1.00 bits per heavy atom. The van der Waals surface area contributed by atoms with Gasteiger partial charge in [0.15, 0.2) is 0 Å². The van der Waals surface area contributed by atoms with E-state index in [4.69, 9.17) is 5.73 Å². The van der Waals surface area contributed by atoms with E-state index in [1.807, 2.05) is 26.8 Å². The van der Waals surface area contributed by atoms with Crippen molar-refractivity contribution in [3.8, 4) is 0 Å². The lowest BCUT2D eigenvalue weighted by atomic mass is 9.71. The standard InChI is InChI=1S/C17H24F3N/c1-16(2,3)14-7-12(4-11-5-13(6-11)10-21)8-15(9-14)17(18,19)20/h7-9,11,13H,4-6,10,21H2,1-3H3. The van der Waals surface area contributed by atoms with Gasteiger partial charge in [0.25, 0.3) is 0 Å². The Labute approximate surface area is 124 Å². The second kappa shape index (κ2) is 5.64. The van der Waals surface area contributed by atoms with Crippen LogP contribution in [0.2, 0.25) is 0 Å². The van der Waals surface area contributed by atoms with Crippen molar-refractivity contribution < 1.29 is 13.2 Å². The van der Waals surface area contributed by atoms with E-state index in [1.54, 1.807) is 0 Å². The molecule has 1 saturated carbocycles. The minimum absolute atomic E-state index is 0.282. The number of nitrogens with two attached hydrogens (primary N) is 1. The predicted octanol–water partition coefficient (Wildman–Crippen LogP) is 4.53. The van der Waals surface area contributed by atoms with Gasteiger partial charge in [-0.3, -0.25) is 0 Å². The largest absolute Gasteiger partial charge is 0.416 e. The summed E-state index contributed by atoms with van der Waals surface area (Å²) in [6, 6.07) is 4.53. The van der Waals surface area contributed by atoms with Gasteiger partial charge in [-0.2, -0.15) is 13.2 Å². The highest BCUT2D eigenvalue weighted by Crippen LogP contribution is 2.38. The first-order valence-corrected chi connectivity index (χ1v) is 7.51. The maximum atomic E-state index is 13.1. The second-order valence-corrected chi connectivity index (χ2v) is 7.31. The van der Waals surface area contributed by atoms with Crippen LogP contribution in [0, 0.1) is 11.8 Å². The average molecular weight is 299 g/mol. The molecule has 0 atom stereocenters. The predicted molar refractivity (Wildman–Crippen MR) is 79.1 cm³/mol. The Hall–Kier alpha value is -1.03. The van der Waals surface area contributed by atoms with Crippen LogP contribution in [0.3, 0.4) is 0 Å². The van der Waals surface area contributed by atoms with Crippen LogP contribution >= 0.6 is 0 Å². The van der Waals surface area contributed by atoms with Crippen molar-refractivity contribution in [2.75, 3.05) is 6.54 Å². The minimum Gasteiger partial charge on any atom is -0.330 e. The molecule has 0 saturated heterocycles. The Balaban J connectivity index is 2.24. The molecule has 2 N–H and O–H groups in total. The maximum Gasteiger partial charge on any atom is 0.416 e. The zero-order valence-electron chi connectivity index (χ0n) is 12.9. The fourth-order valence-corrected chi connectivity index (χ4v) is 2.97. The number of hydrogen-bond acceptors (Lipinski definition) is 1. The SMILES string of the molecule is CC(C)(C)c1cc(CC2CC(CN)C2)cc(C(F)(F)F)c1. The molecule has 0 bridgehead atoms. The van der Waals surface area contributed by atoms with Crippen molar-refractivity contribution in [1.82, 2.24) is 0 Å². The van der Waals surface area contributed by atoms with Crippen molar-refractivity contribution in [3.63, 3.8) is 0 Å². The normalized spacial score (nSPS) is 23.0. The van der Waals surface area contributed by atoms with Gasteiger partial charge in [-0.05, 0) is 66.3 Å². The van der Waals surface area contributed by atoms with Gasteiger partial charge in [0.1, 0.15) is 0 Å². The van der Waals surface area contributed by atoms with Crippen LogP contribution in [-0.4, -0.2) is 6.54 Å². The van der Waals surface area contributed by atoms with Gasteiger partial charge in [0.05, 0.1) is 5.56 Å². The van der Waals surface area contributed by atoms with Gasteiger partial charge in [-0.1, -0.05) is 26.8 Å². The number of hydrogen-bond donors (Lipinski definition) is 1.